The normalized spacial score (nSPS) is 13.3. The minimum atomic E-state index is -0.813. The van der Waals surface area contributed by atoms with E-state index in [1.54, 1.807) is 0 Å². The summed E-state index contributed by atoms with van der Waals surface area (Å²) < 4.78 is 16.8. The summed E-state index contributed by atoms with van der Waals surface area (Å²) >= 11 is 0. The van der Waals surface area contributed by atoms with Crippen molar-refractivity contribution in [3.63, 3.8) is 0 Å². The molecular weight excluding hydrogens is 985 g/mol. The van der Waals surface area contributed by atoms with Gasteiger partial charge in [0.1, 0.15) is 13.2 Å². The van der Waals surface area contributed by atoms with Crippen molar-refractivity contribution in [3.05, 3.63) is 170 Å². The molecule has 0 fully saturated rings. The van der Waals surface area contributed by atoms with Gasteiger partial charge in [-0.2, -0.15) is 0 Å². The predicted octanol–water partition coefficient (Wildman–Crippen LogP) is 22.3. The lowest BCUT2D eigenvalue weighted by Crippen LogP contribution is -2.30. The Morgan fingerprint density at radius 3 is 0.787 bits per heavy atom. The molecule has 0 rings (SSSR count). The van der Waals surface area contributed by atoms with Crippen LogP contribution in [0.4, 0.5) is 0 Å². The third-order valence-electron chi connectivity index (χ3n) is 12.9. The smallest absolute Gasteiger partial charge is 0.306 e. The maximum absolute atomic E-state index is 12.9. The van der Waals surface area contributed by atoms with Crippen molar-refractivity contribution in [2.24, 2.45) is 0 Å². The Morgan fingerprint density at radius 2 is 0.487 bits per heavy atom. The van der Waals surface area contributed by atoms with Crippen molar-refractivity contribution in [1.82, 2.24) is 0 Å². The molecule has 1 atom stereocenters. The number of unbranched alkanes of at least 4 members (excludes halogenated alkanes) is 17. The molecule has 0 aromatic rings. The molecule has 1 unspecified atom stereocenters. The third-order valence-corrected chi connectivity index (χ3v) is 12.9. The first-order valence-corrected chi connectivity index (χ1v) is 32.1. The van der Waals surface area contributed by atoms with Crippen LogP contribution in [0, 0.1) is 0 Å². The molecule has 0 radical (unpaired) electrons. The van der Waals surface area contributed by atoms with E-state index < -0.39 is 6.10 Å². The molecule has 0 aliphatic heterocycles. The molecule has 0 N–H and O–H groups in total. The fraction of sp³-hybridized carbons (Fsp3) is 0.581. The molecule has 0 aromatic carbocycles. The Hall–Kier alpha value is -5.23. The highest BCUT2D eigenvalue weighted by Gasteiger charge is 2.19. The zero-order chi connectivity index (χ0) is 57.8. The summed E-state index contributed by atoms with van der Waals surface area (Å²) in [5.74, 6) is -0.978. The van der Waals surface area contributed by atoms with Crippen LogP contribution in [-0.2, 0) is 28.6 Å². The summed E-state index contributed by atoms with van der Waals surface area (Å²) in [7, 11) is 0. The number of ether oxygens (including phenoxy) is 3. The Balaban J connectivity index is 4.34. The molecule has 0 amide bonds. The molecule has 0 heterocycles. The van der Waals surface area contributed by atoms with E-state index in [1.165, 1.54) is 44.9 Å². The molecule has 0 saturated carbocycles. The van der Waals surface area contributed by atoms with Crippen molar-refractivity contribution >= 4 is 17.9 Å². The largest absolute Gasteiger partial charge is 0.462 e. The van der Waals surface area contributed by atoms with Crippen molar-refractivity contribution < 1.29 is 28.6 Å². The van der Waals surface area contributed by atoms with Gasteiger partial charge in [-0.15, -0.1) is 0 Å². The van der Waals surface area contributed by atoms with E-state index in [9.17, 15) is 14.4 Å². The Kier molecular flexibility index (Phi) is 61.9. The fourth-order valence-electron chi connectivity index (χ4n) is 8.18. The fourth-order valence-corrected chi connectivity index (χ4v) is 8.18. The number of carbonyl (C=O) groups excluding carboxylic acids is 3. The van der Waals surface area contributed by atoms with Crippen molar-refractivity contribution in [2.45, 2.75) is 264 Å². The molecule has 0 bridgehead atoms. The first kappa shape index (κ1) is 74.8. The second kappa shape index (κ2) is 66.3. The maximum atomic E-state index is 12.9. The van der Waals surface area contributed by atoms with E-state index in [1.807, 2.05) is 0 Å². The maximum Gasteiger partial charge on any atom is 0.306 e. The molecule has 448 valence electrons. The van der Waals surface area contributed by atoms with E-state index in [-0.39, 0.29) is 31.1 Å². The number of carbonyl (C=O) groups is 3. The van der Waals surface area contributed by atoms with Gasteiger partial charge in [0.2, 0.25) is 0 Å². The zero-order valence-corrected chi connectivity index (χ0v) is 51.3. The van der Waals surface area contributed by atoms with Crippen LogP contribution in [0.15, 0.2) is 170 Å². The minimum absolute atomic E-state index is 0.111. The topological polar surface area (TPSA) is 78.9 Å². The van der Waals surface area contributed by atoms with Gasteiger partial charge in [0.05, 0.1) is 0 Å². The Bertz CT molecular complexity index is 1840. The van der Waals surface area contributed by atoms with Crippen LogP contribution in [0.3, 0.4) is 0 Å². The lowest BCUT2D eigenvalue weighted by molar-refractivity contribution is -0.167. The molecule has 6 nitrogen and oxygen atoms in total. The van der Waals surface area contributed by atoms with Gasteiger partial charge in [0.25, 0.3) is 0 Å². The number of allylic oxidation sites excluding steroid dienone is 28. The molecule has 0 saturated heterocycles. The predicted molar refractivity (Wildman–Crippen MR) is 348 cm³/mol. The highest BCUT2D eigenvalue weighted by atomic mass is 16.6. The number of hydrogen-bond donors (Lipinski definition) is 0. The summed E-state index contributed by atoms with van der Waals surface area (Å²) in [5.41, 5.74) is 0. The third kappa shape index (κ3) is 63.6. The minimum Gasteiger partial charge on any atom is -0.462 e. The number of rotatable bonds is 56. The molecular formula is C74H116O6. The lowest BCUT2D eigenvalue weighted by atomic mass is 10.1. The quantitative estimate of drug-likeness (QED) is 0.0261. The molecule has 0 aromatic heterocycles. The average molecular weight is 1100 g/mol. The highest BCUT2D eigenvalue weighted by Crippen LogP contribution is 2.13. The lowest BCUT2D eigenvalue weighted by Gasteiger charge is -2.18. The summed E-state index contributed by atoms with van der Waals surface area (Å²) in [5, 5.41) is 0. The first-order valence-electron chi connectivity index (χ1n) is 32.1. The van der Waals surface area contributed by atoms with Gasteiger partial charge < -0.3 is 14.2 Å². The van der Waals surface area contributed by atoms with Gasteiger partial charge in [0, 0.05) is 19.3 Å². The van der Waals surface area contributed by atoms with Crippen LogP contribution in [0.25, 0.3) is 0 Å². The molecule has 80 heavy (non-hydrogen) atoms. The van der Waals surface area contributed by atoms with E-state index in [4.69, 9.17) is 14.2 Å². The van der Waals surface area contributed by atoms with E-state index in [2.05, 4.69) is 191 Å². The monoisotopic (exact) mass is 1100 g/mol. The first-order chi connectivity index (χ1) is 39.5. The number of hydrogen-bond acceptors (Lipinski definition) is 6. The number of esters is 3. The molecule has 0 spiro atoms. The van der Waals surface area contributed by atoms with E-state index >= 15 is 0 Å². The summed E-state index contributed by atoms with van der Waals surface area (Å²) in [4.78, 5) is 38.2. The van der Waals surface area contributed by atoms with Gasteiger partial charge in [-0.25, -0.2) is 0 Å². The van der Waals surface area contributed by atoms with Gasteiger partial charge in [0.15, 0.2) is 6.10 Å². The SMILES string of the molecule is CC/C=C\C/C=C\C/C=C\C/C=C\C/C=C\C/C=C\C/C=C\C/C=C\C/C=C\C/C=C\CCCCCCC(=O)OCC(COC(=O)CCCCC/C=C\C/C=C\C/C=C\CC)OC(=O)CCCCCCC/C=C\CCCCCCC. The summed E-state index contributed by atoms with van der Waals surface area (Å²) in [6, 6.07) is 0. The van der Waals surface area contributed by atoms with E-state index in [0.29, 0.717) is 19.3 Å². The van der Waals surface area contributed by atoms with Crippen LogP contribution < -0.4 is 0 Å². The zero-order valence-electron chi connectivity index (χ0n) is 51.3. The van der Waals surface area contributed by atoms with Gasteiger partial charge in [-0.05, 0) is 154 Å². The summed E-state index contributed by atoms with van der Waals surface area (Å²) in [6.45, 7) is 6.33. The van der Waals surface area contributed by atoms with Crippen molar-refractivity contribution in [3.8, 4) is 0 Å². The highest BCUT2D eigenvalue weighted by molar-refractivity contribution is 5.71. The van der Waals surface area contributed by atoms with Gasteiger partial charge >= 0.3 is 17.9 Å². The van der Waals surface area contributed by atoms with Crippen LogP contribution in [-0.4, -0.2) is 37.2 Å². The van der Waals surface area contributed by atoms with Crippen LogP contribution >= 0.6 is 0 Å². The van der Waals surface area contributed by atoms with Gasteiger partial charge in [-0.1, -0.05) is 255 Å². The molecule has 0 aliphatic rings. The Labute approximate surface area is 492 Å². The van der Waals surface area contributed by atoms with E-state index in [0.717, 1.165) is 173 Å². The van der Waals surface area contributed by atoms with Crippen LogP contribution in [0.5, 0.6) is 0 Å². The molecule has 6 heteroatoms. The second-order valence-corrected chi connectivity index (χ2v) is 20.5. The molecule has 0 aliphatic carbocycles. The van der Waals surface area contributed by atoms with Crippen LogP contribution in [0.1, 0.15) is 258 Å². The van der Waals surface area contributed by atoms with Gasteiger partial charge in [-0.3, -0.25) is 14.4 Å². The summed E-state index contributed by atoms with van der Waals surface area (Å²) in [6.07, 6.45) is 98.0. The second-order valence-electron chi connectivity index (χ2n) is 20.5. The standard InChI is InChI=1S/C74H116O6/c1-4-7-10-13-16-19-22-25-27-28-29-30-31-32-33-34-35-36-37-38-39-40-41-42-43-44-45-46-47-50-52-55-58-61-64-67-73(76)79-70-71(69-78-72(75)66-63-60-57-54-51-48-24-21-18-15-12-9-6-3)80-74(77)68-65-62-59-56-53-49-26-23-20-17-14-11-8-5-2/h7,9-10,12,16,18-19,21,23,25-27,29-30,32-33,35-36,38-39,41-42,44-45,47-48,50-51,71H,4-6,8,11,13-15,17,20,22,24,28,31,34,37,40,43,46,49,52-70H2,1-3H3/b10-7-,12-9-,19-16-,21-18-,26-23-,27-25-,30-29-,33-32-,36-35-,39-38-,42-41-,45-44-,50-47-,51-48-. The van der Waals surface area contributed by atoms with Crippen LogP contribution in [0.2, 0.25) is 0 Å². The average Bonchev–Trinajstić information content (AvgIpc) is 3.46. The van der Waals surface area contributed by atoms with Crippen molar-refractivity contribution in [2.75, 3.05) is 13.2 Å². The van der Waals surface area contributed by atoms with Crippen molar-refractivity contribution in [1.29, 1.82) is 0 Å². The Morgan fingerprint density at radius 1 is 0.263 bits per heavy atom.